The van der Waals surface area contributed by atoms with E-state index in [0.29, 0.717) is 5.75 Å². The molecule has 0 spiro atoms. The minimum Gasteiger partial charge on any atom is -0.489 e. The molecule has 0 bridgehead atoms. The van der Waals surface area contributed by atoms with Crippen molar-refractivity contribution in [2.24, 2.45) is 0 Å². The van der Waals surface area contributed by atoms with Crippen LogP contribution in [-0.4, -0.2) is 18.2 Å². The molecule has 0 fully saturated rings. The van der Waals surface area contributed by atoms with Crippen molar-refractivity contribution < 1.29 is 9.13 Å². The van der Waals surface area contributed by atoms with Gasteiger partial charge in [-0.3, -0.25) is 0 Å². The Labute approximate surface area is 107 Å². The van der Waals surface area contributed by atoms with Crippen molar-refractivity contribution in [1.82, 2.24) is 5.32 Å². The summed E-state index contributed by atoms with van der Waals surface area (Å²) in [7, 11) is 0. The van der Waals surface area contributed by atoms with Gasteiger partial charge in [0.15, 0.2) is 0 Å². The lowest BCUT2D eigenvalue weighted by molar-refractivity contribution is 0.203. The lowest BCUT2D eigenvalue weighted by Gasteiger charge is -2.24. The first-order valence-corrected chi connectivity index (χ1v) is 6.02. The van der Waals surface area contributed by atoms with Crippen LogP contribution in [-0.2, 0) is 0 Å². The van der Waals surface area contributed by atoms with E-state index >= 15 is 0 Å². The Hall–Kier alpha value is -0.800. The summed E-state index contributed by atoms with van der Waals surface area (Å²) in [5.41, 5.74) is 0.0536. The molecule has 0 aromatic heterocycles. The van der Waals surface area contributed by atoms with Crippen LogP contribution in [0.5, 0.6) is 5.75 Å². The predicted molar refractivity (Wildman–Crippen MR) is 69.3 cm³/mol. The molecule has 17 heavy (non-hydrogen) atoms. The molecule has 96 valence electrons. The highest BCUT2D eigenvalue weighted by Gasteiger charge is 2.12. The van der Waals surface area contributed by atoms with Crippen LogP contribution in [0.25, 0.3) is 0 Å². The number of nitrogens with one attached hydrogen (secondary N) is 1. The largest absolute Gasteiger partial charge is 0.489 e. The van der Waals surface area contributed by atoms with Crippen LogP contribution in [0.1, 0.15) is 27.7 Å². The zero-order valence-electron chi connectivity index (χ0n) is 10.7. The molecule has 2 nitrogen and oxygen atoms in total. The molecule has 0 aliphatic carbocycles. The minimum atomic E-state index is -0.431. The topological polar surface area (TPSA) is 21.3 Å². The van der Waals surface area contributed by atoms with Gasteiger partial charge in [-0.15, -0.1) is 0 Å². The average Bonchev–Trinajstić information content (AvgIpc) is 2.20. The summed E-state index contributed by atoms with van der Waals surface area (Å²) in [5, 5.41) is 3.42. The first kappa shape index (κ1) is 14.3. The molecule has 0 amide bonds. The monoisotopic (exact) mass is 259 g/mol. The highest BCUT2D eigenvalue weighted by Crippen LogP contribution is 2.21. The maximum Gasteiger partial charge on any atom is 0.142 e. The number of ether oxygens (including phenoxy) is 1. The molecule has 1 N–H and O–H groups in total. The maximum absolute atomic E-state index is 12.9. The van der Waals surface area contributed by atoms with Gasteiger partial charge >= 0.3 is 0 Å². The van der Waals surface area contributed by atoms with Crippen molar-refractivity contribution in [2.45, 2.75) is 39.3 Å². The van der Waals surface area contributed by atoms with E-state index in [4.69, 9.17) is 16.3 Å². The second kappa shape index (κ2) is 5.69. The molecule has 0 heterocycles. The molecule has 0 aliphatic rings. The summed E-state index contributed by atoms with van der Waals surface area (Å²) in [6.07, 6.45) is -0.00393. The van der Waals surface area contributed by atoms with E-state index in [-0.39, 0.29) is 16.7 Å². The fourth-order valence-corrected chi connectivity index (χ4v) is 1.44. The summed E-state index contributed by atoms with van der Waals surface area (Å²) in [4.78, 5) is 0. The van der Waals surface area contributed by atoms with Gasteiger partial charge in [0.1, 0.15) is 17.7 Å². The van der Waals surface area contributed by atoms with Gasteiger partial charge in [-0.05, 0) is 39.8 Å². The zero-order valence-corrected chi connectivity index (χ0v) is 11.4. The normalized spacial score (nSPS) is 13.5. The molecule has 0 saturated carbocycles. The highest BCUT2D eigenvalue weighted by atomic mass is 35.5. The second-order valence-corrected chi connectivity index (χ2v) is 5.54. The Kier molecular flexibility index (Phi) is 4.78. The Bertz CT molecular complexity index is 376. The Morgan fingerprint density at radius 2 is 2.06 bits per heavy atom. The van der Waals surface area contributed by atoms with Crippen LogP contribution in [0.15, 0.2) is 18.2 Å². The predicted octanol–water partition coefficient (Wildman–Crippen LogP) is 3.63. The van der Waals surface area contributed by atoms with E-state index in [2.05, 4.69) is 26.1 Å². The lowest BCUT2D eigenvalue weighted by Crippen LogP contribution is -2.41. The van der Waals surface area contributed by atoms with Gasteiger partial charge in [-0.25, -0.2) is 4.39 Å². The van der Waals surface area contributed by atoms with Crippen molar-refractivity contribution in [3.05, 3.63) is 29.0 Å². The summed E-state index contributed by atoms with van der Waals surface area (Å²) in [6, 6.07) is 4.38. The summed E-state index contributed by atoms with van der Waals surface area (Å²) in [5.74, 6) is 0.152. The summed E-state index contributed by atoms with van der Waals surface area (Å²) >= 11 is 5.68. The molecular formula is C13H19ClFNO. The van der Waals surface area contributed by atoms with Crippen molar-refractivity contribution in [1.29, 1.82) is 0 Å². The molecule has 1 rings (SSSR count). The third-order valence-electron chi connectivity index (χ3n) is 2.15. The highest BCUT2D eigenvalue weighted by molar-refractivity contribution is 6.30. The number of hydrogen-bond donors (Lipinski definition) is 1. The van der Waals surface area contributed by atoms with Crippen LogP contribution >= 0.6 is 11.6 Å². The van der Waals surface area contributed by atoms with Gasteiger partial charge in [0.25, 0.3) is 0 Å². The van der Waals surface area contributed by atoms with E-state index in [9.17, 15) is 4.39 Å². The van der Waals surface area contributed by atoms with Crippen molar-refractivity contribution >= 4 is 11.6 Å². The molecule has 1 aromatic rings. The number of benzene rings is 1. The first-order chi connectivity index (χ1) is 7.78. The van der Waals surface area contributed by atoms with Gasteiger partial charge in [-0.1, -0.05) is 11.6 Å². The van der Waals surface area contributed by atoms with Crippen molar-refractivity contribution in [2.75, 3.05) is 6.54 Å². The Balaban J connectivity index is 2.50. The van der Waals surface area contributed by atoms with Crippen LogP contribution in [0, 0.1) is 5.82 Å². The quantitative estimate of drug-likeness (QED) is 0.892. The molecule has 0 radical (unpaired) electrons. The standard InChI is InChI=1S/C13H19ClFNO/c1-9(8-16-13(2,3)4)17-10-5-6-12(15)11(14)7-10/h5-7,9,16H,8H2,1-4H3. The maximum atomic E-state index is 12.9. The van der Waals surface area contributed by atoms with E-state index < -0.39 is 5.82 Å². The molecule has 1 atom stereocenters. The van der Waals surface area contributed by atoms with Gasteiger partial charge in [-0.2, -0.15) is 0 Å². The van der Waals surface area contributed by atoms with Crippen molar-refractivity contribution in [3.8, 4) is 5.75 Å². The molecule has 1 aromatic carbocycles. The SMILES string of the molecule is CC(CNC(C)(C)C)Oc1ccc(F)c(Cl)c1. The Morgan fingerprint density at radius 1 is 1.41 bits per heavy atom. The smallest absolute Gasteiger partial charge is 0.142 e. The fourth-order valence-electron chi connectivity index (χ4n) is 1.27. The van der Waals surface area contributed by atoms with Gasteiger partial charge < -0.3 is 10.1 Å². The van der Waals surface area contributed by atoms with E-state index in [0.717, 1.165) is 6.54 Å². The van der Waals surface area contributed by atoms with Crippen LogP contribution < -0.4 is 10.1 Å². The fraction of sp³-hybridized carbons (Fsp3) is 0.538. The van der Waals surface area contributed by atoms with Crippen LogP contribution in [0.2, 0.25) is 5.02 Å². The molecule has 1 unspecified atom stereocenters. The van der Waals surface area contributed by atoms with Gasteiger partial charge in [0, 0.05) is 18.2 Å². The molecule has 0 saturated heterocycles. The zero-order chi connectivity index (χ0) is 13.1. The van der Waals surface area contributed by atoms with Crippen molar-refractivity contribution in [3.63, 3.8) is 0 Å². The van der Waals surface area contributed by atoms with Crippen LogP contribution in [0.3, 0.4) is 0 Å². The van der Waals surface area contributed by atoms with Gasteiger partial charge in [0.05, 0.1) is 5.02 Å². The Morgan fingerprint density at radius 3 is 2.59 bits per heavy atom. The summed E-state index contributed by atoms with van der Waals surface area (Å²) < 4.78 is 18.6. The van der Waals surface area contributed by atoms with Gasteiger partial charge in [0.2, 0.25) is 0 Å². The lowest BCUT2D eigenvalue weighted by atomic mass is 10.1. The average molecular weight is 260 g/mol. The number of halogens is 2. The number of rotatable bonds is 4. The van der Waals surface area contributed by atoms with E-state index in [1.807, 2.05) is 6.92 Å². The third kappa shape index (κ3) is 5.37. The molecule has 4 heteroatoms. The minimum absolute atomic E-state index is 0.00393. The second-order valence-electron chi connectivity index (χ2n) is 5.14. The van der Waals surface area contributed by atoms with E-state index in [1.165, 1.54) is 12.1 Å². The van der Waals surface area contributed by atoms with Crippen LogP contribution in [0.4, 0.5) is 4.39 Å². The first-order valence-electron chi connectivity index (χ1n) is 5.64. The molecular weight excluding hydrogens is 241 g/mol. The molecule has 0 aliphatic heterocycles. The number of hydrogen-bond acceptors (Lipinski definition) is 2. The third-order valence-corrected chi connectivity index (χ3v) is 2.44. The van der Waals surface area contributed by atoms with E-state index in [1.54, 1.807) is 6.07 Å². The summed E-state index contributed by atoms with van der Waals surface area (Å²) in [6.45, 7) is 8.95.